The average Bonchev–Trinajstić information content (AvgIpc) is 2.65. The molecule has 5 heteroatoms. The largest absolute Gasteiger partial charge is 0.507 e. The Morgan fingerprint density at radius 3 is 2.00 bits per heavy atom. The van der Waals surface area contributed by atoms with Crippen LogP contribution >= 0.6 is 0 Å². The average molecular weight is 307 g/mol. The van der Waals surface area contributed by atoms with E-state index in [0.717, 1.165) is 0 Å². The molecular formula is C18H13NO4. The monoisotopic (exact) mass is 307 g/mol. The molecule has 23 heavy (non-hydrogen) atoms. The first-order valence-corrected chi connectivity index (χ1v) is 7.31. The van der Waals surface area contributed by atoms with E-state index >= 15 is 0 Å². The molecule has 1 heterocycles. The zero-order chi connectivity index (χ0) is 16.3. The standard InChI is InChI=1S/C18H13NO4/c1-2-8-7-13(20)9-3-5-11-15-12(18(23)19-17(11)22)6-4-10(14(9)15)16(8)21/h3-7,20-21H,2H2,1H3,(H,19,22,23). The van der Waals surface area contributed by atoms with E-state index in [0.29, 0.717) is 44.3 Å². The molecule has 0 aliphatic rings. The van der Waals surface area contributed by atoms with E-state index in [2.05, 4.69) is 4.98 Å². The van der Waals surface area contributed by atoms with E-state index in [-0.39, 0.29) is 11.5 Å². The van der Waals surface area contributed by atoms with Crippen LogP contribution in [0.5, 0.6) is 11.5 Å². The van der Waals surface area contributed by atoms with Gasteiger partial charge in [0.05, 0.1) is 0 Å². The molecule has 0 saturated heterocycles. The second-order valence-electron chi connectivity index (χ2n) is 5.61. The van der Waals surface area contributed by atoms with E-state index in [9.17, 15) is 19.8 Å². The van der Waals surface area contributed by atoms with Gasteiger partial charge in [-0.05, 0) is 42.3 Å². The highest BCUT2D eigenvalue weighted by Gasteiger charge is 2.17. The fourth-order valence-electron chi connectivity index (χ4n) is 3.28. The van der Waals surface area contributed by atoms with Crippen LogP contribution in [0, 0.1) is 0 Å². The quantitative estimate of drug-likeness (QED) is 0.504. The summed E-state index contributed by atoms with van der Waals surface area (Å²) in [6.07, 6.45) is 0.541. The molecule has 0 saturated carbocycles. The fraction of sp³-hybridized carbons (Fsp3) is 0.111. The lowest BCUT2D eigenvalue weighted by Gasteiger charge is -2.08. The Hall–Kier alpha value is -3.08. The summed E-state index contributed by atoms with van der Waals surface area (Å²) in [6, 6.07) is 8.00. The Labute approximate surface area is 129 Å². The van der Waals surface area contributed by atoms with Crippen molar-refractivity contribution in [3.63, 3.8) is 0 Å². The molecule has 0 amide bonds. The summed E-state index contributed by atoms with van der Waals surface area (Å²) in [5, 5.41) is 23.7. The smallest absolute Gasteiger partial charge is 0.258 e. The van der Waals surface area contributed by atoms with Gasteiger partial charge in [0, 0.05) is 32.3 Å². The number of pyridine rings is 1. The highest BCUT2D eigenvalue weighted by molar-refractivity contribution is 6.24. The number of rotatable bonds is 1. The van der Waals surface area contributed by atoms with Gasteiger partial charge in [-0.3, -0.25) is 14.6 Å². The van der Waals surface area contributed by atoms with E-state index in [1.807, 2.05) is 6.92 Å². The van der Waals surface area contributed by atoms with E-state index in [1.54, 1.807) is 24.3 Å². The Morgan fingerprint density at radius 2 is 1.39 bits per heavy atom. The first-order valence-electron chi connectivity index (χ1n) is 7.31. The highest BCUT2D eigenvalue weighted by atomic mass is 16.3. The molecule has 4 rings (SSSR count). The number of nitrogens with one attached hydrogen (secondary N) is 1. The molecule has 0 bridgehead atoms. The zero-order valence-corrected chi connectivity index (χ0v) is 12.3. The summed E-state index contributed by atoms with van der Waals surface area (Å²) in [4.78, 5) is 26.5. The number of aromatic nitrogens is 1. The molecule has 0 atom stereocenters. The van der Waals surface area contributed by atoms with E-state index < -0.39 is 11.1 Å². The number of H-pyrrole nitrogens is 1. The lowest BCUT2D eigenvalue weighted by molar-refractivity contribution is 0.470. The number of aromatic amines is 1. The van der Waals surface area contributed by atoms with Crippen molar-refractivity contribution in [1.29, 1.82) is 0 Å². The van der Waals surface area contributed by atoms with Crippen LogP contribution in [-0.4, -0.2) is 15.2 Å². The van der Waals surface area contributed by atoms with E-state index in [4.69, 9.17) is 0 Å². The van der Waals surface area contributed by atoms with Crippen LogP contribution in [-0.2, 0) is 6.42 Å². The van der Waals surface area contributed by atoms with Crippen molar-refractivity contribution >= 4 is 32.3 Å². The van der Waals surface area contributed by atoms with Crippen LogP contribution in [0.15, 0.2) is 39.9 Å². The van der Waals surface area contributed by atoms with Crippen LogP contribution in [0.25, 0.3) is 32.3 Å². The van der Waals surface area contributed by atoms with Gasteiger partial charge < -0.3 is 10.2 Å². The molecule has 0 unspecified atom stereocenters. The minimum atomic E-state index is -0.474. The number of aromatic hydroxyl groups is 2. The molecule has 0 fully saturated rings. The highest BCUT2D eigenvalue weighted by Crippen LogP contribution is 2.40. The summed E-state index contributed by atoms with van der Waals surface area (Å²) in [7, 11) is 0. The molecule has 0 radical (unpaired) electrons. The Kier molecular flexibility index (Phi) is 2.63. The maximum absolute atomic E-state index is 12.1. The molecule has 0 spiro atoms. The van der Waals surface area contributed by atoms with Crippen LogP contribution in [0.3, 0.4) is 0 Å². The minimum Gasteiger partial charge on any atom is -0.507 e. The first kappa shape index (κ1) is 13.6. The second kappa shape index (κ2) is 4.46. The second-order valence-corrected chi connectivity index (χ2v) is 5.61. The first-order chi connectivity index (χ1) is 11.0. The molecular weight excluding hydrogens is 294 g/mol. The number of hydrogen-bond donors (Lipinski definition) is 3. The zero-order valence-electron chi connectivity index (χ0n) is 12.3. The molecule has 0 aliphatic heterocycles. The number of aryl methyl sites for hydroxylation is 1. The molecule has 0 aliphatic carbocycles. The van der Waals surface area contributed by atoms with Crippen LogP contribution in [0.4, 0.5) is 0 Å². The Bertz CT molecular complexity index is 1180. The van der Waals surface area contributed by atoms with Crippen molar-refractivity contribution in [2.45, 2.75) is 13.3 Å². The Morgan fingerprint density at radius 1 is 0.870 bits per heavy atom. The molecule has 1 aromatic heterocycles. The van der Waals surface area contributed by atoms with Crippen molar-refractivity contribution in [2.24, 2.45) is 0 Å². The van der Waals surface area contributed by atoms with Gasteiger partial charge >= 0.3 is 0 Å². The maximum Gasteiger partial charge on any atom is 0.258 e. The van der Waals surface area contributed by atoms with Gasteiger partial charge in [0.15, 0.2) is 0 Å². The minimum absolute atomic E-state index is 0.00859. The lowest BCUT2D eigenvalue weighted by atomic mass is 9.97. The van der Waals surface area contributed by atoms with Gasteiger partial charge in [-0.25, -0.2) is 0 Å². The molecule has 5 nitrogen and oxygen atoms in total. The maximum atomic E-state index is 12.1. The van der Waals surface area contributed by atoms with Gasteiger partial charge in [-0.2, -0.15) is 0 Å². The van der Waals surface area contributed by atoms with Crippen molar-refractivity contribution in [1.82, 2.24) is 4.98 Å². The number of hydrogen-bond acceptors (Lipinski definition) is 4. The van der Waals surface area contributed by atoms with Gasteiger partial charge in [0.25, 0.3) is 11.1 Å². The summed E-state index contributed by atoms with van der Waals surface area (Å²) < 4.78 is 0. The molecule has 114 valence electrons. The predicted octanol–water partition coefficient (Wildman–Crippen LogP) is 2.61. The third-order valence-electron chi connectivity index (χ3n) is 4.40. The van der Waals surface area contributed by atoms with Crippen LogP contribution in [0.1, 0.15) is 12.5 Å². The summed E-state index contributed by atoms with van der Waals surface area (Å²) in [6.45, 7) is 1.88. The normalized spacial score (nSPS) is 11.7. The van der Waals surface area contributed by atoms with Gasteiger partial charge in [0.1, 0.15) is 11.5 Å². The van der Waals surface area contributed by atoms with E-state index in [1.165, 1.54) is 6.07 Å². The third-order valence-corrected chi connectivity index (χ3v) is 4.40. The van der Waals surface area contributed by atoms with Gasteiger partial charge in [-0.15, -0.1) is 0 Å². The molecule has 3 N–H and O–H groups in total. The topological polar surface area (TPSA) is 90.4 Å². The Balaban J connectivity index is 2.50. The summed E-state index contributed by atoms with van der Waals surface area (Å²) in [5.74, 6) is 0.0641. The van der Waals surface area contributed by atoms with Gasteiger partial charge in [0.2, 0.25) is 0 Å². The molecule has 3 aromatic carbocycles. The third kappa shape index (κ3) is 1.67. The van der Waals surface area contributed by atoms with Gasteiger partial charge in [-0.1, -0.05) is 6.92 Å². The van der Waals surface area contributed by atoms with Crippen molar-refractivity contribution in [3.05, 3.63) is 56.6 Å². The summed E-state index contributed by atoms with van der Waals surface area (Å²) >= 11 is 0. The number of benzene rings is 2. The fourth-order valence-corrected chi connectivity index (χ4v) is 3.28. The molecule has 4 aromatic rings. The van der Waals surface area contributed by atoms with Crippen LogP contribution < -0.4 is 11.1 Å². The lowest BCUT2D eigenvalue weighted by Crippen LogP contribution is -2.19. The predicted molar refractivity (Wildman–Crippen MR) is 89.7 cm³/mol. The summed E-state index contributed by atoms with van der Waals surface area (Å²) in [5.41, 5.74) is -0.349. The SMILES string of the molecule is CCc1cc(O)c2ccc3c(=O)[nH]c(=O)c4ccc(c1O)c2c34. The van der Waals surface area contributed by atoms with Crippen molar-refractivity contribution in [3.8, 4) is 11.5 Å². The van der Waals surface area contributed by atoms with Crippen molar-refractivity contribution < 1.29 is 10.2 Å². The van der Waals surface area contributed by atoms with Crippen molar-refractivity contribution in [2.75, 3.05) is 0 Å². The van der Waals surface area contributed by atoms with Crippen LogP contribution in [0.2, 0.25) is 0 Å².